The van der Waals surface area contributed by atoms with E-state index >= 15 is 0 Å². The highest BCUT2D eigenvalue weighted by atomic mass is 32.2. The number of aryl methyl sites for hydroxylation is 2. The highest BCUT2D eigenvalue weighted by molar-refractivity contribution is 7.92. The molecule has 0 radical (unpaired) electrons. The third kappa shape index (κ3) is 3.86. The second-order valence-electron chi connectivity index (χ2n) is 6.64. The molecule has 0 N–H and O–H groups in total. The Morgan fingerprint density at radius 1 is 1.15 bits per heavy atom. The summed E-state index contributed by atoms with van der Waals surface area (Å²) in [6, 6.07) is 12.6. The van der Waals surface area contributed by atoms with Crippen LogP contribution in [0.15, 0.2) is 47.4 Å². The minimum atomic E-state index is -3.70. The molecule has 1 aliphatic rings. The molecule has 1 unspecified atom stereocenters. The summed E-state index contributed by atoms with van der Waals surface area (Å²) in [7, 11) is -2.11. The number of methoxy groups -OCH3 is 1. The Morgan fingerprint density at radius 3 is 2.50 bits per heavy atom. The van der Waals surface area contributed by atoms with Crippen molar-refractivity contribution in [1.82, 2.24) is 0 Å². The summed E-state index contributed by atoms with van der Waals surface area (Å²) in [4.78, 5) is 0.339. The molecule has 26 heavy (non-hydrogen) atoms. The molecule has 6 heteroatoms. The van der Waals surface area contributed by atoms with Gasteiger partial charge in [0.2, 0.25) is 0 Å². The van der Waals surface area contributed by atoms with Gasteiger partial charge in [0.1, 0.15) is 5.75 Å². The average molecular weight is 375 g/mol. The van der Waals surface area contributed by atoms with E-state index in [9.17, 15) is 8.42 Å². The Balaban J connectivity index is 2.04. The summed E-state index contributed by atoms with van der Waals surface area (Å²) in [5.74, 6) is 0.690. The third-order valence-electron chi connectivity index (χ3n) is 4.67. The normalized spacial score (nSPS) is 17.3. The Labute approximate surface area is 155 Å². The second-order valence-corrected chi connectivity index (χ2v) is 8.47. The minimum Gasteiger partial charge on any atom is -0.497 e. The fraction of sp³-hybridized carbons (Fsp3) is 0.400. The van der Waals surface area contributed by atoms with Crippen molar-refractivity contribution in [2.24, 2.45) is 0 Å². The van der Waals surface area contributed by atoms with Gasteiger partial charge in [0.25, 0.3) is 10.0 Å². The van der Waals surface area contributed by atoms with Gasteiger partial charge in [-0.1, -0.05) is 12.1 Å². The number of hydrogen-bond acceptors (Lipinski definition) is 4. The van der Waals surface area contributed by atoms with E-state index in [1.54, 1.807) is 37.4 Å². The van der Waals surface area contributed by atoms with Crippen LogP contribution in [-0.4, -0.2) is 34.8 Å². The van der Waals surface area contributed by atoms with Crippen LogP contribution in [0.25, 0.3) is 0 Å². The second kappa shape index (κ2) is 7.68. The Bertz CT molecular complexity index is 856. The number of ether oxygens (including phenoxy) is 2. The number of rotatable bonds is 6. The first-order chi connectivity index (χ1) is 12.4. The lowest BCUT2D eigenvalue weighted by molar-refractivity contribution is 0.118. The summed E-state index contributed by atoms with van der Waals surface area (Å²) in [6.07, 6.45) is 1.75. The van der Waals surface area contributed by atoms with Crippen LogP contribution >= 0.6 is 0 Å². The van der Waals surface area contributed by atoms with Gasteiger partial charge in [0, 0.05) is 6.61 Å². The summed E-state index contributed by atoms with van der Waals surface area (Å²) < 4.78 is 39.3. The van der Waals surface area contributed by atoms with Gasteiger partial charge < -0.3 is 9.47 Å². The highest BCUT2D eigenvalue weighted by Gasteiger charge is 2.30. The van der Waals surface area contributed by atoms with Crippen LogP contribution in [0.5, 0.6) is 5.75 Å². The molecule has 1 aliphatic heterocycles. The molecule has 0 aliphatic carbocycles. The first-order valence-electron chi connectivity index (χ1n) is 8.77. The van der Waals surface area contributed by atoms with Crippen LogP contribution in [0, 0.1) is 13.8 Å². The molecule has 1 atom stereocenters. The average Bonchev–Trinajstić information content (AvgIpc) is 3.15. The highest BCUT2D eigenvalue weighted by Crippen LogP contribution is 2.29. The van der Waals surface area contributed by atoms with E-state index in [4.69, 9.17) is 9.47 Å². The van der Waals surface area contributed by atoms with Crippen molar-refractivity contribution in [3.63, 3.8) is 0 Å². The van der Waals surface area contributed by atoms with E-state index in [-0.39, 0.29) is 6.10 Å². The molecule has 140 valence electrons. The van der Waals surface area contributed by atoms with Crippen molar-refractivity contribution < 1.29 is 17.9 Å². The third-order valence-corrected chi connectivity index (χ3v) is 6.60. The molecule has 1 saturated heterocycles. The van der Waals surface area contributed by atoms with Crippen LogP contribution in [0.3, 0.4) is 0 Å². The molecule has 0 spiro atoms. The molecular weight excluding hydrogens is 350 g/mol. The van der Waals surface area contributed by atoms with Gasteiger partial charge in [-0.3, -0.25) is 4.31 Å². The number of anilines is 1. The molecule has 1 fully saturated rings. The number of hydrogen-bond donors (Lipinski definition) is 0. The maximum absolute atomic E-state index is 13.5. The first kappa shape index (κ1) is 18.7. The van der Waals surface area contributed by atoms with E-state index in [1.807, 2.05) is 26.0 Å². The van der Waals surface area contributed by atoms with Crippen LogP contribution in [-0.2, 0) is 14.8 Å². The van der Waals surface area contributed by atoms with Gasteiger partial charge in [-0.25, -0.2) is 8.42 Å². The van der Waals surface area contributed by atoms with Crippen LogP contribution in [0.2, 0.25) is 0 Å². The number of nitrogens with zero attached hydrogens (tertiary/aromatic N) is 1. The molecule has 2 aromatic rings. The van der Waals surface area contributed by atoms with E-state index in [0.717, 1.165) is 24.0 Å². The number of benzene rings is 2. The molecule has 3 rings (SSSR count). The minimum absolute atomic E-state index is 0.0861. The monoisotopic (exact) mass is 375 g/mol. The fourth-order valence-corrected chi connectivity index (χ4v) is 4.98. The predicted octanol–water partition coefficient (Wildman–Crippen LogP) is 3.69. The van der Waals surface area contributed by atoms with E-state index in [1.165, 1.54) is 4.31 Å². The summed E-state index contributed by atoms with van der Waals surface area (Å²) in [6.45, 7) is 4.72. The molecule has 0 aromatic heterocycles. The summed E-state index contributed by atoms with van der Waals surface area (Å²) >= 11 is 0. The van der Waals surface area contributed by atoms with E-state index in [0.29, 0.717) is 29.5 Å². The van der Waals surface area contributed by atoms with Crippen molar-refractivity contribution >= 4 is 15.7 Å². The number of sulfonamides is 1. The maximum atomic E-state index is 13.5. The molecule has 0 bridgehead atoms. The molecule has 2 aromatic carbocycles. The zero-order chi connectivity index (χ0) is 18.7. The largest absolute Gasteiger partial charge is 0.497 e. The molecule has 0 saturated carbocycles. The van der Waals surface area contributed by atoms with Crippen molar-refractivity contribution in [2.75, 3.05) is 24.6 Å². The van der Waals surface area contributed by atoms with Crippen molar-refractivity contribution in [3.05, 3.63) is 53.6 Å². The van der Waals surface area contributed by atoms with Crippen molar-refractivity contribution in [2.45, 2.75) is 37.7 Å². The molecule has 0 amide bonds. The standard InChI is InChI=1S/C20H25NO4S/c1-15-6-7-16(2)20(13-15)26(22,23)21(14-19-5-4-12-25-19)17-8-10-18(24-3)11-9-17/h6-11,13,19H,4-5,12,14H2,1-3H3. The fourth-order valence-electron chi connectivity index (χ4n) is 3.17. The van der Waals surface area contributed by atoms with Gasteiger partial charge in [-0.05, 0) is 68.1 Å². The quantitative estimate of drug-likeness (QED) is 0.773. The van der Waals surface area contributed by atoms with Crippen LogP contribution in [0.1, 0.15) is 24.0 Å². The predicted molar refractivity (Wildman–Crippen MR) is 102 cm³/mol. The smallest absolute Gasteiger partial charge is 0.264 e. The lowest BCUT2D eigenvalue weighted by Crippen LogP contribution is -2.37. The van der Waals surface area contributed by atoms with Gasteiger partial charge in [0.05, 0.1) is 30.3 Å². The topological polar surface area (TPSA) is 55.8 Å². The van der Waals surface area contributed by atoms with E-state index < -0.39 is 10.0 Å². The Morgan fingerprint density at radius 2 is 1.88 bits per heavy atom. The zero-order valence-corrected chi connectivity index (χ0v) is 16.3. The molecular formula is C20H25NO4S. The Hall–Kier alpha value is -2.05. The lowest BCUT2D eigenvalue weighted by atomic mass is 10.2. The van der Waals surface area contributed by atoms with Crippen LogP contribution < -0.4 is 9.04 Å². The van der Waals surface area contributed by atoms with Gasteiger partial charge >= 0.3 is 0 Å². The first-order valence-corrected chi connectivity index (χ1v) is 10.2. The Kier molecular flexibility index (Phi) is 5.53. The van der Waals surface area contributed by atoms with Crippen LogP contribution in [0.4, 0.5) is 5.69 Å². The van der Waals surface area contributed by atoms with E-state index in [2.05, 4.69) is 0 Å². The zero-order valence-electron chi connectivity index (χ0n) is 15.4. The molecule has 1 heterocycles. The van der Waals surface area contributed by atoms with Gasteiger partial charge in [-0.15, -0.1) is 0 Å². The summed E-state index contributed by atoms with van der Waals surface area (Å²) in [5.41, 5.74) is 2.27. The summed E-state index contributed by atoms with van der Waals surface area (Å²) in [5, 5.41) is 0. The van der Waals surface area contributed by atoms with Gasteiger partial charge in [-0.2, -0.15) is 0 Å². The van der Waals surface area contributed by atoms with Gasteiger partial charge in [0.15, 0.2) is 0 Å². The molecule has 5 nitrogen and oxygen atoms in total. The maximum Gasteiger partial charge on any atom is 0.264 e. The lowest BCUT2D eigenvalue weighted by Gasteiger charge is -2.28. The SMILES string of the molecule is COc1ccc(N(CC2CCCO2)S(=O)(=O)c2cc(C)ccc2C)cc1. The van der Waals surface area contributed by atoms with Crippen molar-refractivity contribution in [3.8, 4) is 5.75 Å². The van der Waals surface area contributed by atoms with Crippen molar-refractivity contribution in [1.29, 1.82) is 0 Å².